The van der Waals surface area contributed by atoms with Crippen LogP contribution in [0.1, 0.15) is 18.9 Å². The number of sulfone groups is 1. The molecule has 2 rings (SSSR count). The van der Waals surface area contributed by atoms with E-state index in [4.69, 9.17) is 11.6 Å². The Kier molecular flexibility index (Phi) is 4.70. The Labute approximate surface area is 124 Å². The smallest absolute Gasteiger partial charge is 0.242 e. The number of alkyl halides is 1. The number of amides is 1. The summed E-state index contributed by atoms with van der Waals surface area (Å²) in [4.78, 5) is 13.8. The summed E-state index contributed by atoms with van der Waals surface area (Å²) in [5.74, 6) is -0.227. The van der Waals surface area contributed by atoms with E-state index in [0.717, 1.165) is 17.7 Å². The molecular formula is C14H18ClNO3S. The van der Waals surface area contributed by atoms with Crippen molar-refractivity contribution in [3.05, 3.63) is 29.8 Å². The summed E-state index contributed by atoms with van der Waals surface area (Å²) in [6.07, 6.45) is 1.25. The minimum Gasteiger partial charge on any atom is -0.307 e. The molecule has 1 heterocycles. The van der Waals surface area contributed by atoms with Gasteiger partial charge < -0.3 is 4.90 Å². The third kappa shape index (κ3) is 3.15. The molecule has 0 spiro atoms. The largest absolute Gasteiger partial charge is 0.307 e. The van der Waals surface area contributed by atoms with Crippen molar-refractivity contribution < 1.29 is 13.2 Å². The number of hydrogen-bond donors (Lipinski definition) is 0. The van der Waals surface area contributed by atoms with Crippen LogP contribution < -0.4 is 4.90 Å². The second kappa shape index (κ2) is 6.14. The average molecular weight is 316 g/mol. The second-order valence-corrected chi connectivity index (χ2v) is 7.43. The van der Waals surface area contributed by atoms with Gasteiger partial charge in [0.05, 0.1) is 17.5 Å². The minimum atomic E-state index is -3.05. The van der Waals surface area contributed by atoms with Crippen molar-refractivity contribution in [2.24, 2.45) is 0 Å². The molecule has 1 aromatic carbocycles. The molecule has 110 valence electrons. The number of nitrogens with zero attached hydrogens (tertiary/aromatic N) is 1. The van der Waals surface area contributed by atoms with Crippen molar-refractivity contribution in [1.82, 2.24) is 0 Å². The number of carbonyl (C=O) groups is 1. The molecule has 1 fully saturated rings. The van der Waals surface area contributed by atoms with E-state index in [1.54, 1.807) is 4.90 Å². The Morgan fingerprint density at radius 1 is 1.40 bits per heavy atom. The topological polar surface area (TPSA) is 54.5 Å². The van der Waals surface area contributed by atoms with Gasteiger partial charge in [0.15, 0.2) is 9.84 Å². The van der Waals surface area contributed by atoms with Crippen LogP contribution in [-0.2, 0) is 21.1 Å². The molecule has 1 atom stereocenters. The number of aryl methyl sites for hydroxylation is 1. The zero-order chi connectivity index (χ0) is 14.8. The van der Waals surface area contributed by atoms with Gasteiger partial charge >= 0.3 is 0 Å². The van der Waals surface area contributed by atoms with Crippen molar-refractivity contribution in [1.29, 1.82) is 0 Å². The van der Waals surface area contributed by atoms with E-state index in [1.807, 2.05) is 31.2 Å². The maximum absolute atomic E-state index is 12.2. The Hall–Kier alpha value is -1.07. The van der Waals surface area contributed by atoms with Crippen LogP contribution in [0.2, 0.25) is 0 Å². The Morgan fingerprint density at radius 3 is 2.65 bits per heavy atom. The van der Waals surface area contributed by atoms with Gasteiger partial charge in [0.2, 0.25) is 5.91 Å². The van der Waals surface area contributed by atoms with Crippen LogP contribution >= 0.6 is 11.6 Å². The molecule has 1 aromatic rings. The summed E-state index contributed by atoms with van der Waals surface area (Å²) < 4.78 is 23.3. The fourth-order valence-electron chi connectivity index (χ4n) is 2.62. The van der Waals surface area contributed by atoms with Crippen molar-refractivity contribution in [2.45, 2.75) is 25.8 Å². The third-order valence-electron chi connectivity index (χ3n) is 3.59. The number of benzene rings is 1. The Bertz CT molecular complexity index is 600. The maximum Gasteiger partial charge on any atom is 0.242 e. The fourth-order valence-corrected chi connectivity index (χ4v) is 4.45. The zero-order valence-corrected chi connectivity index (χ0v) is 13.0. The number of halogens is 1. The minimum absolute atomic E-state index is 0.0215. The van der Waals surface area contributed by atoms with Gasteiger partial charge in [-0.1, -0.05) is 25.1 Å². The summed E-state index contributed by atoms with van der Waals surface area (Å²) in [6.45, 7) is 2.01. The van der Waals surface area contributed by atoms with Crippen LogP contribution in [0.4, 0.5) is 5.69 Å². The van der Waals surface area contributed by atoms with E-state index in [9.17, 15) is 13.2 Å². The zero-order valence-electron chi connectivity index (χ0n) is 11.4. The normalized spacial score (nSPS) is 20.8. The molecule has 0 aromatic heterocycles. The molecule has 0 bridgehead atoms. The summed E-state index contributed by atoms with van der Waals surface area (Å²) in [7, 11) is -3.05. The van der Waals surface area contributed by atoms with Gasteiger partial charge in [0.1, 0.15) is 5.88 Å². The molecule has 4 nitrogen and oxygen atoms in total. The standard InChI is InChI=1S/C14H18ClNO3S/c1-2-11-5-3-4-6-13(11)16(14(17)9-15)12-7-8-20(18,19)10-12/h3-6,12H,2,7-10H2,1H3/t12-/m0/s1. The third-order valence-corrected chi connectivity index (χ3v) is 5.57. The number of anilines is 1. The molecule has 0 unspecified atom stereocenters. The monoisotopic (exact) mass is 315 g/mol. The summed E-state index contributed by atoms with van der Waals surface area (Å²) in [5.41, 5.74) is 1.80. The first-order valence-electron chi connectivity index (χ1n) is 6.65. The first-order valence-corrected chi connectivity index (χ1v) is 9.00. The summed E-state index contributed by atoms with van der Waals surface area (Å²) in [5, 5.41) is 0. The highest BCUT2D eigenvalue weighted by Gasteiger charge is 2.35. The van der Waals surface area contributed by atoms with Crippen LogP contribution in [0.3, 0.4) is 0 Å². The van der Waals surface area contributed by atoms with E-state index in [0.29, 0.717) is 6.42 Å². The predicted octanol–water partition coefficient (Wildman–Crippen LogP) is 2.01. The lowest BCUT2D eigenvalue weighted by Crippen LogP contribution is -2.42. The van der Waals surface area contributed by atoms with E-state index in [2.05, 4.69) is 0 Å². The number of rotatable bonds is 4. The van der Waals surface area contributed by atoms with Crippen molar-refractivity contribution in [3.63, 3.8) is 0 Å². The molecular weight excluding hydrogens is 298 g/mol. The van der Waals surface area contributed by atoms with Gasteiger partial charge in [-0.15, -0.1) is 11.6 Å². The van der Waals surface area contributed by atoms with Gasteiger partial charge in [0.25, 0.3) is 0 Å². The molecule has 6 heteroatoms. The Balaban J connectivity index is 2.41. The highest BCUT2D eigenvalue weighted by molar-refractivity contribution is 7.91. The summed E-state index contributed by atoms with van der Waals surface area (Å²) >= 11 is 5.70. The first-order chi connectivity index (χ1) is 9.48. The van der Waals surface area contributed by atoms with E-state index in [-0.39, 0.29) is 29.3 Å². The summed E-state index contributed by atoms with van der Waals surface area (Å²) in [6, 6.07) is 7.27. The molecule has 1 aliphatic heterocycles. The van der Waals surface area contributed by atoms with Crippen molar-refractivity contribution in [3.8, 4) is 0 Å². The molecule has 0 aliphatic carbocycles. The van der Waals surface area contributed by atoms with Gasteiger partial charge in [-0.25, -0.2) is 8.42 Å². The van der Waals surface area contributed by atoms with Gasteiger partial charge in [-0.2, -0.15) is 0 Å². The first kappa shape index (κ1) is 15.3. The van der Waals surface area contributed by atoms with E-state index in [1.165, 1.54) is 0 Å². The van der Waals surface area contributed by atoms with E-state index >= 15 is 0 Å². The van der Waals surface area contributed by atoms with Crippen molar-refractivity contribution >= 4 is 33.0 Å². The van der Waals surface area contributed by atoms with Gasteiger partial charge in [0, 0.05) is 5.69 Å². The van der Waals surface area contributed by atoms with Gasteiger partial charge in [-0.05, 0) is 24.5 Å². The predicted molar refractivity (Wildman–Crippen MR) is 81.1 cm³/mol. The maximum atomic E-state index is 12.2. The Morgan fingerprint density at radius 2 is 2.10 bits per heavy atom. The molecule has 0 saturated carbocycles. The van der Waals surface area contributed by atoms with Crippen LogP contribution in [0.25, 0.3) is 0 Å². The quantitative estimate of drug-likeness (QED) is 0.799. The van der Waals surface area contributed by atoms with Crippen LogP contribution in [0, 0.1) is 0 Å². The number of carbonyl (C=O) groups excluding carboxylic acids is 1. The lowest BCUT2D eigenvalue weighted by atomic mass is 10.1. The average Bonchev–Trinajstić information content (AvgIpc) is 2.79. The number of hydrogen-bond acceptors (Lipinski definition) is 3. The molecule has 0 radical (unpaired) electrons. The lowest BCUT2D eigenvalue weighted by molar-refractivity contribution is -0.116. The second-order valence-electron chi connectivity index (χ2n) is 4.94. The molecule has 1 amide bonds. The van der Waals surface area contributed by atoms with Crippen LogP contribution in [-0.4, -0.2) is 37.8 Å². The van der Waals surface area contributed by atoms with Crippen LogP contribution in [0.5, 0.6) is 0 Å². The van der Waals surface area contributed by atoms with Crippen LogP contribution in [0.15, 0.2) is 24.3 Å². The lowest BCUT2D eigenvalue weighted by Gasteiger charge is -2.29. The van der Waals surface area contributed by atoms with E-state index < -0.39 is 9.84 Å². The molecule has 20 heavy (non-hydrogen) atoms. The molecule has 1 saturated heterocycles. The SMILES string of the molecule is CCc1ccccc1N(C(=O)CCl)[C@H]1CCS(=O)(=O)C1. The highest BCUT2D eigenvalue weighted by Crippen LogP contribution is 2.28. The molecule has 1 aliphatic rings. The fraction of sp³-hybridized carbons (Fsp3) is 0.500. The highest BCUT2D eigenvalue weighted by atomic mass is 35.5. The number of para-hydroxylation sites is 1. The van der Waals surface area contributed by atoms with Gasteiger partial charge in [-0.3, -0.25) is 4.79 Å². The molecule has 0 N–H and O–H groups in total. The van der Waals surface area contributed by atoms with Crippen molar-refractivity contribution in [2.75, 3.05) is 22.3 Å².